The van der Waals surface area contributed by atoms with Crippen LogP contribution >= 0.6 is 11.3 Å². The first kappa shape index (κ1) is 15.3. The number of hydrogen-bond acceptors (Lipinski definition) is 4. The van der Waals surface area contributed by atoms with Crippen molar-refractivity contribution < 1.29 is 14.4 Å². The number of nitrogens with one attached hydrogen (secondary N) is 1. The van der Waals surface area contributed by atoms with E-state index in [1.807, 2.05) is 5.38 Å². The number of thiophene rings is 1. The van der Waals surface area contributed by atoms with E-state index < -0.39 is 0 Å². The first-order valence-electron chi connectivity index (χ1n) is 9.11. The third-order valence-corrected chi connectivity index (χ3v) is 7.37. The van der Waals surface area contributed by atoms with E-state index in [4.69, 9.17) is 0 Å². The number of rotatable bonds is 2. The third-order valence-electron chi connectivity index (χ3n) is 6.28. The number of imide groups is 1. The molecule has 2 fully saturated rings. The zero-order chi connectivity index (χ0) is 17.1. The summed E-state index contributed by atoms with van der Waals surface area (Å²) in [6, 6.07) is 0. The summed E-state index contributed by atoms with van der Waals surface area (Å²) in [5.41, 5.74) is 4.37. The van der Waals surface area contributed by atoms with Crippen LogP contribution in [0.3, 0.4) is 0 Å². The zero-order valence-electron chi connectivity index (χ0n) is 13.9. The van der Waals surface area contributed by atoms with Crippen molar-refractivity contribution in [2.24, 2.45) is 23.7 Å². The minimum absolute atomic E-state index is 0.141. The van der Waals surface area contributed by atoms with Gasteiger partial charge in [-0.1, -0.05) is 12.2 Å². The minimum atomic E-state index is -0.319. The van der Waals surface area contributed by atoms with Crippen LogP contribution in [-0.4, -0.2) is 22.7 Å². The Bertz CT molecular complexity index is 780. The maximum Gasteiger partial charge on any atom is 0.271 e. The third kappa shape index (κ3) is 2.16. The molecule has 1 saturated carbocycles. The molecular weight excluding hydrogens is 336 g/mol. The number of amides is 3. The van der Waals surface area contributed by atoms with Crippen LogP contribution in [0.1, 0.15) is 46.5 Å². The minimum Gasteiger partial charge on any atom is -0.272 e. The van der Waals surface area contributed by atoms with Crippen molar-refractivity contribution in [1.82, 2.24) is 10.4 Å². The number of fused-ring (bicyclic) bond motifs is 2. The number of hydrazine groups is 1. The highest BCUT2D eigenvalue weighted by atomic mass is 32.1. The predicted octanol–water partition coefficient (Wildman–Crippen LogP) is 2.47. The average Bonchev–Trinajstić information content (AvgIpc) is 3.19. The first-order chi connectivity index (χ1) is 12.1. The second-order valence-corrected chi connectivity index (χ2v) is 8.52. The van der Waals surface area contributed by atoms with Gasteiger partial charge >= 0.3 is 0 Å². The van der Waals surface area contributed by atoms with E-state index in [9.17, 15) is 14.4 Å². The summed E-state index contributed by atoms with van der Waals surface area (Å²) in [7, 11) is 0. The number of carbonyl (C=O) groups is 3. The van der Waals surface area contributed by atoms with Crippen LogP contribution in [-0.2, 0) is 22.4 Å². The summed E-state index contributed by atoms with van der Waals surface area (Å²) in [6.07, 6.45) is 10.3. The van der Waals surface area contributed by atoms with Crippen molar-refractivity contribution in [1.29, 1.82) is 0 Å². The maximum absolute atomic E-state index is 12.8. The van der Waals surface area contributed by atoms with Crippen LogP contribution in [0.2, 0.25) is 0 Å². The largest absolute Gasteiger partial charge is 0.272 e. The van der Waals surface area contributed by atoms with Gasteiger partial charge in [-0.15, -0.1) is 11.3 Å². The molecule has 6 rings (SSSR count). The number of nitrogens with zero attached hydrogens (tertiary/aromatic N) is 1. The summed E-state index contributed by atoms with van der Waals surface area (Å²) >= 11 is 1.61. The Balaban J connectivity index is 1.40. The van der Waals surface area contributed by atoms with Crippen molar-refractivity contribution in [3.63, 3.8) is 0 Å². The fraction of sp³-hybridized carbons (Fsp3) is 0.526. The van der Waals surface area contributed by atoms with Crippen LogP contribution in [0, 0.1) is 23.7 Å². The first-order valence-corrected chi connectivity index (χ1v) is 9.99. The topological polar surface area (TPSA) is 66.5 Å². The van der Waals surface area contributed by atoms with E-state index in [0.29, 0.717) is 5.56 Å². The van der Waals surface area contributed by atoms with Crippen LogP contribution in [0.15, 0.2) is 17.5 Å². The van der Waals surface area contributed by atoms with Gasteiger partial charge in [0.1, 0.15) is 0 Å². The van der Waals surface area contributed by atoms with Gasteiger partial charge in [0.15, 0.2) is 0 Å². The molecule has 1 aliphatic heterocycles. The lowest BCUT2D eigenvalue weighted by molar-refractivity contribution is -0.143. The van der Waals surface area contributed by atoms with E-state index >= 15 is 0 Å². The molecule has 0 spiro atoms. The second kappa shape index (κ2) is 5.53. The smallest absolute Gasteiger partial charge is 0.271 e. The number of aryl methyl sites for hydroxylation is 1. The molecule has 5 aliphatic rings. The van der Waals surface area contributed by atoms with Gasteiger partial charge in [0.2, 0.25) is 0 Å². The van der Waals surface area contributed by atoms with Gasteiger partial charge in [-0.05, 0) is 55.9 Å². The molecule has 3 amide bonds. The van der Waals surface area contributed by atoms with Crippen molar-refractivity contribution >= 4 is 29.1 Å². The summed E-state index contributed by atoms with van der Waals surface area (Å²) in [5.74, 6) is -1.07. The molecule has 0 radical (unpaired) electrons. The standard InChI is InChI=1S/C19H20N2O3S/c22-17(13-9-25-14-4-2-1-3-12(13)14)20-21-18(23)15-10-5-6-11(8-7-10)16(15)19(21)24/h5-6,9-11,15-16H,1-4,7-8H2,(H,20,22). The molecule has 2 heterocycles. The van der Waals surface area contributed by atoms with Crippen molar-refractivity contribution in [3.8, 4) is 0 Å². The molecule has 25 heavy (non-hydrogen) atoms. The molecule has 4 aliphatic carbocycles. The zero-order valence-corrected chi connectivity index (χ0v) is 14.7. The molecule has 6 heteroatoms. The van der Waals surface area contributed by atoms with Crippen LogP contribution < -0.4 is 5.43 Å². The fourth-order valence-electron chi connectivity index (χ4n) is 5.03. The molecule has 130 valence electrons. The normalized spacial score (nSPS) is 32.7. The van der Waals surface area contributed by atoms with E-state index in [1.165, 1.54) is 4.88 Å². The number of hydrogen-bond donors (Lipinski definition) is 1. The highest BCUT2D eigenvalue weighted by Gasteiger charge is 2.57. The molecule has 1 aromatic rings. The van der Waals surface area contributed by atoms with Crippen molar-refractivity contribution in [2.45, 2.75) is 38.5 Å². The number of carbonyl (C=O) groups excluding carboxylic acids is 3. The highest BCUT2D eigenvalue weighted by molar-refractivity contribution is 7.10. The molecule has 1 saturated heterocycles. The molecule has 1 N–H and O–H groups in total. The van der Waals surface area contributed by atoms with Crippen molar-refractivity contribution in [2.75, 3.05) is 0 Å². The highest BCUT2D eigenvalue weighted by Crippen LogP contribution is 2.49. The van der Waals surface area contributed by atoms with Crippen LogP contribution in [0.5, 0.6) is 0 Å². The molecule has 0 aromatic carbocycles. The Kier molecular flexibility index (Phi) is 3.39. The van der Waals surface area contributed by atoms with Gasteiger partial charge in [-0.25, -0.2) is 0 Å². The second-order valence-electron chi connectivity index (χ2n) is 7.55. The maximum atomic E-state index is 12.8. The van der Waals surface area contributed by atoms with Crippen molar-refractivity contribution in [3.05, 3.63) is 33.5 Å². The van der Waals surface area contributed by atoms with Gasteiger partial charge < -0.3 is 0 Å². The Hall–Kier alpha value is -1.95. The SMILES string of the molecule is O=C(NN1C(=O)C2C3C=CC(CC3)C2C1=O)c1csc2c1CCCC2. The summed E-state index contributed by atoms with van der Waals surface area (Å²) < 4.78 is 0. The monoisotopic (exact) mass is 356 g/mol. The van der Waals surface area contributed by atoms with E-state index in [0.717, 1.165) is 49.1 Å². The Morgan fingerprint density at radius 1 is 1.04 bits per heavy atom. The van der Waals surface area contributed by atoms with Gasteiger partial charge in [-0.2, -0.15) is 5.01 Å². The Labute approximate surface area is 150 Å². The van der Waals surface area contributed by atoms with E-state index in [1.54, 1.807) is 11.3 Å². The summed E-state index contributed by atoms with van der Waals surface area (Å²) in [4.78, 5) is 39.6. The van der Waals surface area contributed by atoms with E-state index in [2.05, 4.69) is 17.6 Å². The lowest BCUT2D eigenvalue weighted by Gasteiger charge is -2.37. The van der Waals surface area contributed by atoms with Gasteiger partial charge in [-0.3, -0.25) is 19.8 Å². The molecular formula is C19H20N2O3S. The van der Waals surface area contributed by atoms with Crippen LogP contribution in [0.25, 0.3) is 0 Å². The van der Waals surface area contributed by atoms with Gasteiger partial charge in [0, 0.05) is 10.3 Å². The van der Waals surface area contributed by atoms with Gasteiger partial charge in [0.25, 0.3) is 17.7 Å². The quantitative estimate of drug-likeness (QED) is 0.654. The average molecular weight is 356 g/mol. The number of allylic oxidation sites excluding steroid dienone is 2. The molecule has 2 bridgehead atoms. The van der Waals surface area contributed by atoms with E-state index in [-0.39, 0.29) is 41.4 Å². The van der Waals surface area contributed by atoms with Gasteiger partial charge in [0.05, 0.1) is 17.4 Å². The molecule has 4 atom stereocenters. The molecule has 1 aromatic heterocycles. The lowest BCUT2D eigenvalue weighted by Crippen LogP contribution is -2.47. The fourth-order valence-corrected chi connectivity index (χ4v) is 6.16. The molecule has 5 nitrogen and oxygen atoms in total. The lowest BCUT2D eigenvalue weighted by atomic mass is 9.63. The summed E-state index contributed by atoms with van der Waals surface area (Å²) in [6.45, 7) is 0. The Morgan fingerprint density at radius 2 is 1.68 bits per heavy atom. The van der Waals surface area contributed by atoms with Crippen LogP contribution in [0.4, 0.5) is 0 Å². The predicted molar refractivity (Wildman–Crippen MR) is 92.6 cm³/mol. The molecule has 4 unspecified atom stereocenters. The summed E-state index contributed by atoms with van der Waals surface area (Å²) in [5, 5.41) is 2.89. The Morgan fingerprint density at radius 3 is 2.32 bits per heavy atom.